The molecule has 4 heteroatoms. The predicted molar refractivity (Wildman–Crippen MR) is 91.6 cm³/mol. The standard InChI is InChI=1S/C19H19NO3/c1-20(2)17-11-6-7-13-14(17)8-5-10-15(13)19(23)12-4-3-9-16(19)18(21)22/h3-12,16,23H,1-2H3,(H,21,22). The third-order valence-corrected chi connectivity index (χ3v) is 4.32. The lowest BCUT2D eigenvalue weighted by atomic mass is 9.76. The summed E-state index contributed by atoms with van der Waals surface area (Å²) in [5.41, 5.74) is 0.0623. The molecule has 0 radical (unpaired) electrons. The lowest BCUT2D eigenvalue weighted by Crippen LogP contribution is -2.38. The summed E-state index contributed by atoms with van der Waals surface area (Å²) in [5.74, 6) is -2.06. The highest BCUT2D eigenvalue weighted by atomic mass is 16.4. The first kappa shape index (κ1) is 15.3. The molecule has 118 valence electrons. The van der Waals surface area contributed by atoms with Crippen LogP contribution in [0.25, 0.3) is 10.8 Å². The molecule has 0 aromatic heterocycles. The Bertz CT molecular complexity index is 822. The summed E-state index contributed by atoms with van der Waals surface area (Å²) in [6.07, 6.45) is 6.43. The van der Waals surface area contributed by atoms with Crippen molar-refractivity contribution in [3.8, 4) is 0 Å². The van der Waals surface area contributed by atoms with E-state index >= 15 is 0 Å². The summed E-state index contributed by atoms with van der Waals surface area (Å²) in [6.45, 7) is 0. The maximum atomic E-state index is 11.6. The van der Waals surface area contributed by atoms with Crippen molar-refractivity contribution in [1.29, 1.82) is 0 Å². The molecule has 0 amide bonds. The molecular weight excluding hydrogens is 290 g/mol. The Morgan fingerprint density at radius 1 is 1.09 bits per heavy atom. The van der Waals surface area contributed by atoms with Gasteiger partial charge in [-0.05, 0) is 23.1 Å². The summed E-state index contributed by atoms with van der Waals surface area (Å²) >= 11 is 0. The molecule has 0 aliphatic heterocycles. The molecule has 0 bridgehead atoms. The summed E-state index contributed by atoms with van der Waals surface area (Å²) in [6, 6.07) is 11.5. The molecule has 1 aliphatic carbocycles. The fourth-order valence-corrected chi connectivity index (χ4v) is 3.19. The van der Waals surface area contributed by atoms with E-state index in [-0.39, 0.29) is 0 Å². The molecule has 2 aromatic rings. The van der Waals surface area contributed by atoms with Crippen molar-refractivity contribution < 1.29 is 15.0 Å². The number of benzene rings is 2. The Kier molecular flexibility index (Phi) is 3.70. The second-order valence-corrected chi connectivity index (χ2v) is 5.96. The van der Waals surface area contributed by atoms with E-state index in [1.807, 2.05) is 49.3 Å². The third kappa shape index (κ3) is 2.41. The van der Waals surface area contributed by atoms with E-state index in [0.29, 0.717) is 5.56 Å². The molecule has 0 saturated carbocycles. The van der Waals surface area contributed by atoms with Gasteiger partial charge in [-0.15, -0.1) is 0 Å². The van der Waals surface area contributed by atoms with Gasteiger partial charge < -0.3 is 15.1 Å². The van der Waals surface area contributed by atoms with Crippen LogP contribution < -0.4 is 4.90 Å². The van der Waals surface area contributed by atoms with Gasteiger partial charge in [0.2, 0.25) is 0 Å². The normalized spacial score (nSPS) is 23.2. The van der Waals surface area contributed by atoms with Gasteiger partial charge in [-0.3, -0.25) is 4.79 Å². The highest BCUT2D eigenvalue weighted by Crippen LogP contribution is 2.40. The van der Waals surface area contributed by atoms with Gasteiger partial charge in [-0.2, -0.15) is 0 Å². The lowest BCUT2D eigenvalue weighted by molar-refractivity contribution is -0.146. The van der Waals surface area contributed by atoms with Crippen LogP contribution in [-0.4, -0.2) is 30.3 Å². The van der Waals surface area contributed by atoms with Crippen molar-refractivity contribution in [3.63, 3.8) is 0 Å². The largest absolute Gasteiger partial charge is 0.481 e. The summed E-state index contributed by atoms with van der Waals surface area (Å²) in [4.78, 5) is 13.6. The van der Waals surface area contributed by atoms with Crippen LogP contribution in [0.4, 0.5) is 5.69 Å². The molecule has 0 fully saturated rings. The lowest BCUT2D eigenvalue weighted by Gasteiger charge is -2.33. The molecule has 4 nitrogen and oxygen atoms in total. The number of nitrogens with zero attached hydrogens (tertiary/aromatic N) is 1. The second kappa shape index (κ2) is 5.56. The number of carboxylic acid groups (broad SMARTS) is 1. The average Bonchev–Trinajstić information content (AvgIpc) is 2.53. The highest BCUT2D eigenvalue weighted by molar-refractivity contribution is 5.97. The Hall–Kier alpha value is -2.59. The van der Waals surface area contributed by atoms with Crippen molar-refractivity contribution in [2.45, 2.75) is 5.60 Å². The van der Waals surface area contributed by atoms with E-state index in [4.69, 9.17) is 0 Å². The summed E-state index contributed by atoms with van der Waals surface area (Å²) < 4.78 is 0. The van der Waals surface area contributed by atoms with Crippen molar-refractivity contribution in [1.82, 2.24) is 0 Å². The summed E-state index contributed by atoms with van der Waals surface area (Å²) in [5, 5.41) is 22.5. The van der Waals surface area contributed by atoms with Crippen LogP contribution in [0.1, 0.15) is 5.56 Å². The molecule has 1 aliphatic rings. The maximum Gasteiger partial charge on any atom is 0.314 e. The molecule has 3 rings (SSSR count). The number of carbonyl (C=O) groups is 1. The molecule has 2 aromatic carbocycles. The van der Waals surface area contributed by atoms with Gasteiger partial charge in [0.1, 0.15) is 11.5 Å². The number of rotatable bonds is 3. The number of carboxylic acids is 1. The molecular formula is C19H19NO3. The monoisotopic (exact) mass is 309 g/mol. The van der Waals surface area contributed by atoms with Crippen molar-refractivity contribution in [3.05, 3.63) is 66.3 Å². The van der Waals surface area contributed by atoms with Crippen LogP contribution in [0.3, 0.4) is 0 Å². The molecule has 23 heavy (non-hydrogen) atoms. The smallest absolute Gasteiger partial charge is 0.314 e. The van der Waals surface area contributed by atoms with Gasteiger partial charge in [-0.1, -0.05) is 48.6 Å². The molecule has 2 N–H and O–H groups in total. The number of aliphatic carboxylic acids is 1. The zero-order valence-electron chi connectivity index (χ0n) is 13.1. The SMILES string of the molecule is CN(C)c1cccc2c(C3(O)C=CC=CC3C(=O)O)cccc12. The maximum absolute atomic E-state index is 11.6. The molecule has 0 spiro atoms. The van der Waals surface area contributed by atoms with Gasteiger partial charge in [0.15, 0.2) is 0 Å². The number of hydrogen-bond acceptors (Lipinski definition) is 3. The van der Waals surface area contributed by atoms with Crippen molar-refractivity contribution in [2.75, 3.05) is 19.0 Å². The Labute approximate surface area is 135 Å². The van der Waals surface area contributed by atoms with Crippen LogP contribution in [-0.2, 0) is 10.4 Å². The van der Waals surface area contributed by atoms with Crippen molar-refractivity contribution >= 4 is 22.4 Å². The second-order valence-electron chi connectivity index (χ2n) is 5.96. The van der Waals surface area contributed by atoms with Gasteiger partial charge in [0.25, 0.3) is 0 Å². The zero-order valence-corrected chi connectivity index (χ0v) is 13.1. The fourth-order valence-electron chi connectivity index (χ4n) is 3.19. The topological polar surface area (TPSA) is 60.8 Å². The molecule has 2 atom stereocenters. The minimum atomic E-state index is -1.56. The number of allylic oxidation sites excluding steroid dienone is 2. The van der Waals surface area contributed by atoms with Gasteiger partial charge in [0, 0.05) is 25.2 Å². The molecule has 2 unspecified atom stereocenters. The van der Waals surface area contributed by atoms with E-state index < -0.39 is 17.5 Å². The Morgan fingerprint density at radius 3 is 2.48 bits per heavy atom. The van der Waals surface area contributed by atoms with E-state index in [2.05, 4.69) is 0 Å². The Balaban J connectivity index is 2.28. The quantitative estimate of drug-likeness (QED) is 0.915. The van der Waals surface area contributed by atoms with Crippen LogP contribution in [0.5, 0.6) is 0 Å². The fraction of sp³-hybridized carbons (Fsp3) is 0.211. The van der Waals surface area contributed by atoms with Gasteiger partial charge >= 0.3 is 5.97 Å². The van der Waals surface area contributed by atoms with E-state index in [1.165, 1.54) is 6.08 Å². The molecule has 0 saturated heterocycles. The van der Waals surface area contributed by atoms with Crippen LogP contribution in [0.2, 0.25) is 0 Å². The molecule has 0 heterocycles. The number of anilines is 1. The van der Waals surface area contributed by atoms with Crippen molar-refractivity contribution in [2.24, 2.45) is 5.92 Å². The first-order chi connectivity index (χ1) is 10.9. The van der Waals surface area contributed by atoms with Gasteiger partial charge in [-0.25, -0.2) is 0 Å². The third-order valence-electron chi connectivity index (χ3n) is 4.32. The zero-order chi connectivity index (χ0) is 16.6. The van der Waals surface area contributed by atoms with Crippen LogP contribution in [0, 0.1) is 5.92 Å². The number of aliphatic hydroxyl groups is 1. The predicted octanol–water partition coefficient (Wildman–Crippen LogP) is 2.92. The number of hydrogen-bond donors (Lipinski definition) is 2. The van der Waals surface area contributed by atoms with E-state index in [0.717, 1.165) is 16.5 Å². The number of fused-ring (bicyclic) bond motifs is 1. The minimum Gasteiger partial charge on any atom is -0.481 e. The van der Waals surface area contributed by atoms with E-state index in [1.54, 1.807) is 24.3 Å². The summed E-state index contributed by atoms with van der Waals surface area (Å²) in [7, 11) is 3.92. The first-order valence-corrected chi connectivity index (χ1v) is 7.46. The average molecular weight is 309 g/mol. The highest BCUT2D eigenvalue weighted by Gasteiger charge is 2.41. The first-order valence-electron chi connectivity index (χ1n) is 7.46. The van der Waals surface area contributed by atoms with Crippen LogP contribution in [0.15, 0.2) is 60.7 Å². The van der Waals surface area contributed by atoms with Gasteiger partial charge in [0.05, 0.1) is 0 Å². The van der Waals surface area contributed by atoms with E-state index in [9.17, 15) is 15.0 Å². The Morgan fingerprint density at radius 2 is 1.78 bits per heavy atom. The van der Waals surface area contributed by atoms with Crippen LogP contribution >= 0.6 is 0 Å². The minimum absolute atomic E-state index is 0.603.